The molecule has 9 heteroatoms. The quantitative estimate of drug-likeness (QED) is 0.499. The summed E-state index contributed by atoms with van der Waals surface area (Å²) in [7, 11) is 0. The Bertz CT molecular complexity index is 948. The Morgan fingerprint density at radius 1 is 1.03 bits per heavy atom. The lowest BCUT2D eigenvalue weighted by Gasteiger charge is -2.17. The second-order valence-electron chi connectivity index (χ2n) is 6.40. The summed E-state index contributed by atoms with van der Waals surface area (Å²) in [6.07, 6.45) is 0. The first-order valence-corrected chi connectivity index (χ1v) is 10.6. The Kier molecular flexibility index (Phi) is 7.16. The van der Waals surface area contributed by atoms with Crippen LogP contribution in [-0.2, 0) is 11.3 Å². The number of benzene rings is 2. The number of anilines is 1. The van der Waals surface area contributed by atoms with Crippen LogP contribution in [0.1, 0.15) is 31.0 Å². The fourth-order valence-electron chi connectivity index (χ4n) is 2.48. The molecule has 0 spiro atoms. The van der Waals surface area contributed by atoms with Crippen LogP contribution in [-0.4, -0.2) is 21.4 Å². The van der Waals surface area contributed by atoms with Gasteiger partial charge in [-0.2, -0.15) is 0 Å². The van der Waals surface area contributed by atoms with E-state index < -0.39 is 0 Å². The Labute approximate surface area is 175 Å². The van der Waals surface area contributed by atoms with E-state index in [9.17, 15) is 13.6 Å². The zero-order valence-electron chi connectivity index (χ0n) is 15.9. The van der Waals surface area contributed by atoms with Gasteiger partial charge in [0.05, 0.1) is 11.3 Å². The number of halogens is 2. The third-order valence-corrected chi connectivity index (χ3v) is 6.20. The minimum atomic E-state index is -0.365. The molecular weight excluding hydrogens is 414 g/mol. The Morgan fingerprint density at radius 3 is 2.31 bits per heavy atom. The van der Waals surface area contributed by atoms with Crippen molar-refractivity contribution in [2.45, 2.75) is 36.0 Å². The average Bonchev–Trinajstić information content (AvgIpc) is 3.15. The van der Waals surface area contributed by atoms with E-state index in [4.69, 9.17) is 0 Å². The predicted octanol–water partition coefficient (Wildman–Crippen LogP) is 4.79. The van der Waals surface area contributed by atoms with Crippen molar-refractivity contribution < 1.29 is 13.6 Å². The van der Waals surface area contributed by atoms with Crippen molar-refractivity contribution in [2.75, 3.05) is 5.32 Å². The van der Waals surface area contributed by atoms with Crippen LogP contribution in [0.25, 0.3) is 0 Å². The normalized spacial score (nSPS) is 13.0. The van der Waals surface area contributed by atoms with E-state index in [1.54, 1.807) is 31.2 Å². The minimum Gasteiger partial charge on any atom is -0.356 e. The molecular formula is C20H20F2N4OS2. The molecule has 2 N–H and O–H groups in total. The molecule has 3 aromatic rings. The summed E-state index contributed by atoms with van der Waals surface area (Å²) in [6.45, 7) is 4.15. The second kappa shape index (κ2) is 9.80. The molecule has 0 aliphatic heterocycles. The number of thioether (sulfide) groups is 1. The summed E-state index contributed by atoms with van der Waals surface area (Å²) in [5.74, 6) is -0.719. The number of rotatable bonds is 8. The van der Waals surface area contributed by atoms with Crippen molar-refractivity contribution in [3.8, 4) is 0 Å². The van der Waals surface area contributed by atoms with E-state index in [1.165, 1.54) is 47.4 Å². The van der Waals surface area contributed by atoms with Gasteiger partial charge < -0.3 is 10.6 Å². The number of aromatic nitrogens is 2. The smallest absolute Gasteiger partial charge is 0.233 e. The van der Waals surface area contributed by atoms with Crippen LogP contribution in [0.3, 0.4) is 0 Å². The van der Waals surface area contributed by atoms with Gasteiger partial charge in [0.25, 0.3) is 0 Å². The highest BCUT2D eigenvalue weighted by atomic mass is 32.2. The molecule has 2 unspecified atom stereocenters. The summed E-state index contributed by atoms with van der Waals surface area (Å²) < 4.78 is 26.6. The van der Waals surface area contributed by atoms with Gasteiger partial charge in [-0.3, -0.25) is 4.79 Å². The topological polar surface area (TPSA) is 66.9 Å². The van der Waals surface area contributed by atoms with Gasteiger partial charge in [0, 0.05) is 6.54 Å². The molecule has 0 bridgehead atoms. The lowest BCUT2D eigenvalue weighted by molar-refractivity contribution is -0.120. The zero-order chi connectivity index (χ0) is 20.8. The van der Waals surface area contributed by atoms with Gasteiger partial charge in [-0.05, 0) is 49.2 Å². The van der Waals surface area contributed by atoms with Crippen molar-refractivity contribution in [2.24, 2.45) is 0 Å². The van der Waals surface area contributed by atoms with Crippen LogP contribution in [0.2, 0.25) is 0 Å². The summed E-state index contributed by atoms with van der Waals surface area (Å²) in [6, 6.07) is 12.0. The van der Waals surface area contributed by atoms with Crippen molar-refractivity contribution in [1.29, 1.82) is 0 Å². The fraction of sp³-hybridized carbons (Fsp3) is 0.250. The van der Waals surface area contributed by atoms with Crippen LogP contribution in [0.5, 0.6) is 0 Å². The molecule has 3 rings (SSSR count). The van der Waals surface area contributed by atoms with Crippen LogP contribution >= 0.6 is 23.1 Å². The van der Waals surface area contributed by atoms with Crippen molar-refractivity contribution in [3.63, 3.8) is 0 Å². The highest BCUT2D eigenvalue weighted by Gasteiger charge is 2.19. The monoisotopic (exact) mass is 434 g/mol. The number of hydrogen-bond donors (Lipinski definition) is 2. The maximum absolute atomic E-state index is 13.0. The molecule has 5 nitrogen and oxygen atoms in total. The third-order valence-electron chi connectivity index (χ3n) is 4.14. The largest absolute Gasteiger partial charge is 0.356 e. The summed E-state index contributed by atoms with van der Waals surface area (Å²) in [4.78, 5) is 12.4. The zero-order valence-corrected chi connectivity index (χ0v) is 17.5. The number of nitrogens with one attached hydrogen (secondary N) is 2. The lowest BCUT2D eigenvalue weighted by Crippen LogP contribution is -2.33. The summed E-state index contributed by atoms with van der Waals surface area (Å²) in [5, 5.41) is 14.5. The van der Waals surface area contributed by atoms with E-state index in [1.807, 2.05) is 6.92 Å². The molecule has 152 valence electrons. The van der Waals surface area contributed by atoms with Gasteiger partial charge in [0.1, 0.15) is 11.6 Å². The van der Waals surface area contributed by atoms with Crippen molar-refractivity contribution >= 4 is 34.1 Å². The van der Waals surface area contributed by atoms with E-state index in [2.05, 4.69) is 20.8 Å². The Morgan fingerprint density at radius 2 is 1.66 bits per heavy atom. The van der Waals surface area contributed by atoms with Gasteiger partial charge >= 0.3 is 0 Å². The first kappa shape index (κ1) is 21.2. The average molecular weight is 435 g/mol. The van der Waals surface area contributed by atoms with Gasteiger partial charge in [-0.25, -0.2) is 8.78 Å². The summed E-state index contributed by atoms with van der Waals surface area (Å²) in [5.41, 5.74) is 1.76. The van der Waals surface area contributed by atoms with Gasteiger partial charge in [0.2, 0.25) is 11.0 Å². The molecule has 1 aromatic heterocycles. The highest BCUT2D eigenvalue weighted by molar-refractivity contribution is 8.02. The molecule has 0 saturated heterocycles. The maximum atomic E-state index is 13.0. The first-order chi connectivity index (χ1) is 13.9. The van der Waals surface area contributed by atoms with Crippen LogP contribution in [0.4, 0.5) is 13.9 Å². The summed E-state index contributed by atoms with van der Waals surface area (Å²) >= 11 is 2.67. The van der Waals surface area contributed by atoms with E-state index >= 15 is 0 Å². The number of nitrogens with zero attached hydrogens (tertiary/aromatic N) is 2. The van der Waals surface area contributed by atoms with Crippen LogP contribution < -0.4 is 10.6 Å². The molecule has 1 amide bonds. The molecule has 0 aliphatic carbocycles. The third kappa shape index (κ3) is 6.23. The number of amides is 1. The Balaban J connectivity index is 1.49. The van der Waals surface area contributed by atoms with Crippen LogP contribution in [0, 0.1) is 11.6 Å². The number of carbonyl (C=O) groups excluding carboxylic acids is 1. The number of carbonyl (C=O) groups is 1. The SMILES string of the molecule is CC(Sc1nnc(NCc2ccc(F)cc2)s1)C(=O)NC(C)c1ccc(F)cc1. The Hall–Kier alpha value is -2.52. The molecule has 0 saturated carbocycles. The first-order valence-electron chi connectivity index (χ1n) is 8.95. The van der Waals surface area contributed by atoms with E-state index in [-0.39, 0.29) is 28.8 Å². The van der Waals surface area contributed by atoms with Gasteiger partial charge in [-0.1, -0.05) is 47.4 Å². The van der Waals surface area contributed by atoms with Crippen molar-refractivity contribution in [1.82, 2.24) is 15.5 Å². The van der Waals surface area contributed by atoms with Crippen molar-refractivity contribution in [3.05, 3.63) is 71.3 Å². The molecule has 0 aliphatic rings. The lowest BCUT2D eigenvalue weighted by atomic mass is 10.1. The fourth-order valence-corrected chi connectivity index (χ4v) is 4.38. The standard InChI is InChI=1S/C20H20F2N4OS2/c1-12(15-5-9-17(22)10-6-15)24-18(27)13(2)28-20-26-25-19(29-20)23-11-14-3-7-16(21)8-4-14/h3-10,12-13H,11H2,1-2H3,(H,23,25)(H,24,27). The van der Waals surface area contributed by atoms with Gasteiger partial charge in [0.15, 0.2) is 4.34 Å². The molecule has 1 heterocycles. The maximum Gasteiger partial charge on any atom is 0.233 e. The van der Waals surface area contributed by atoms with Crippen LogP contribution in [0.15, 0.2) is 52.9 Å². The van der Waals surface area contributed by atoms with E-state index in [0.717, 1.165) is 11.1 Å². The van der Waals surface area contributed by atoms with E-state index in [0.29, 0.717) is 16.0 Å². The molecule has 0 radical (unpaired) electrons. The molecule has 2 aromatic carbocycles. The molecule has 29 heavy (non-hydrogen) atoms. The molecule has 0 fully saturated rings. The predicted molar refractivity (Wildman–Crippen MR) is 112 cm³/mol. The highest BCUT2D eigenvalue weighted by Crippen LogP contribution is 2.29. The molecule has 2 atom stereocenters. The second-order valence-corrected chi connectivity index (χ2v) is 8.96. The van der Waals surface area contributed by atoms with Gasteiger partial charge in [-0.15, -0.1) is 10.2 Å². The minimum absolute atomic E-state index is 0.136. The number of hydrogen-bond acceptors (Lipinski definition) is 6.